The van der Waals surface area contributed by atoms with Crippen molar-refractivity contribution in [1.82, 2.24) is 0 Å². The molecule has 1 aromatic carbocycles. The van der Waals surface area contributed by atoms with Crippen LogP contribution in [0.3, 0.4) is 0 Å². The molecule has 0 amide bonds. The van der Waals surface area contributed by atoms with Crippen LogP contribution in [0.15, 0.2) is 18.2 Å². The highest BCUT2D eigenvalue weighted by atomic mass is 35.5. The minimum absolute atomic E-state index is 0.558. The Hall–Kier alpha value is -0.730. The summed E-state index contributed by atoms with van der Waals surface area (Å²) in [6.07, 6.45) is 1.99. The first-order valence-corrected chi connectivity index (χ1v) is 6.16. The van der Waals surface area contributed by atoms with Crippen molar-refractivity contribution in [2.45, 2.75) is 26.7 Å². The quantitative estimate of drug-likeness (QED) is 0.830. The highest BCUT2D eigenvalue weighted by Gasteiger charge is 2.09. The number of hydrogen-bond acceptors (Lipinski definition) is 2. The Morgan fingerprint density at radius 1 is 1.44 bits per heavy atom. The minimum atomic E-state index is 0.558. The van der Waals surface area contributed by atoms with E-state index in [2.05, 4.69) is 6.92 Å². The van der Waals surface area contributed by atoms with Crippen molar-refractivity contribution in [3.05, 3.63) is 28.8 Å². The zero-order valence-electron chi connectivity index (χ0n) is 10.0. The third kappa shape index (κ3) is 4.03. The van der Waals surface area contributed by atoms with E-state index in [1.165, 1.54) is 5.56 Å². The van der Waals surface area contributed by atoms with Crippen molar-refractivity contribution >= 4 is 11.6 Å². The maximum absolute atomic E-state index is 6.00. The van der Waals surface area contributed by atoms with Gasteiger partial charge in [0.1, 0.15) is 5.75 Å². The molecule has 0 aliphatic rings. The van der Waals surface area contributed by atoms with Gasteiger partial charge in [0.2, 0.25) is 0 Å². The van der Waals surface area contributed by atoms with Gasteiger partial charge in [0.25, 0.3) is 0 Å². The SMILES string of the molecule is CCOc1ccc(Cl)cc1CC(C)CCN. The van der Waals surface area contributed by atoms with Gasteiger partial charge in [0.15, 0.2) is 0 Å². The van der Waals surface area contributed by atoms with Crippen LogP contribution in [0.25, 0.3) is 0 Å². The molecule has 0 fully saturated rings. The number of benzene rings is 1. The summed E-state index contributed by atoms with van der Waals surface area (Å²) in [5.41, 5.74) is 6.73. The Morgan fingerprint density at radius 3 is 2.81 bits per heavy atom. The highest BCUT2D eigenvalue weighted by molar-refractivity contribution is 6.30. The van der Waals surface area contributed by atoms with E-state index < -0.39 is 0 Å². The number of hydrogen-bond donors (Lipinski definition) is 1. The van der Waals surface area contributed by atoms with Gasteiger partial charge in [0.05, 0.1) is 6.61 Å². The molecule has 3 heteroatoms. The lowest BCUT2D eigenvalue weighted by Crippen LogP contribution is -2.09. The third-order valence-electron chi connectivity index (χ3n) is 2.55. The molecule has 0 spiro atoms. The van der Waals surface area contributed by atoms with Crippen molar-refractivity contribution in [2.75, 3.05) is 13.2 Å². The second-order valence-electron chi connectivity index (χ2n) is 4.07. The predicted octanol–water partition coefficient (Wildman–Crippen LogP) is 3.27. The Labute approximate surface area is 103 Å². The van der Waals surface area contributed by atoms with Crippen LogP contribution in [0, 0.1) is 5.92 Å². The van der Waals surface area contributed by atoms with Crippen LogP contribution in [0.1, 0.15) is 25.8 Å². The molecule has 1 atom stereocenters. The van der Waals surface area contributed by atoms with Gasteiger partial charge in [-0.25, -0.2) is 0 Å². The zero-order chi connectivity index (χ0) is 12.0. The van der Waals surface area contributed by atoms with Crippen LogP contribution in [-0.4, -0.2) is 13.2 Å². The van der Waals surface area contributed by atoms with E-state index in [-0.39, 0.29) is 0 Å². The third-order valence-corrected chi connectivity index (χ3v) is 2.79. The van der Waals surface area contributed by atoms with Gasteiger partial charge in [-0.3, -0.25) is 0 Å². The molecule has 0 saturated carbocycles. The topological polar surface area (TPSA) is 35.2 Å². The summed E-state index contributed by atoms with van der Waals surface area (Å²) in [6.45, 7) is 5.59. The largest absolute Gasteiger partial charge is 0.494 e. The maximum Gasteiger partial charge on any atom is 0.122 e. The normalized spacial score (nSPS) is 12.5. The molecule has 0 aromatic heterocycles. The van der Waals surface area contributed by atoms with E-state index in [9.17, 15) is 0 Å². The number of rotatable bonds is 6. The minimum Gasteiger partial charge on any atom is -0.494 e. The van der Waals surface area contributed by atoms with E-state index in [1.54, 1.807) is 0 Å². The van der Waals surface area contributed by atoms with Crippen LogP contribution in [0.2, 0.25) is 5.02 Å². The van der Waals surface area contributed by atoms with Crippen molar-refractivity contribution in [1.29, 1.82) is 0 Å². The molecular weight excluding hydrogens is 222 g/mol. The fraction of sp³-hybridized carbons (Fsp3) is 0.538. The second kappa shape index (κ2) is 6.77. The summed E-state index contributed by atoms with van der Waals surface area (Å²) in [6, 6.07) is 5.79. The summed E-state index contributed by atoms with van der Waals surface area (Å²) in [5, 5.41) is 0.762. The molecule has 0 saturated heterocycles. The Kier molecular flexibility index (Phi) is 5.64. The van der Waals surface area contributed by atoms with Gasteiger partial charge < -0.3 is 10.5 Å². The summed E-state index contributed by atoms with van der Waals surface area (Å²) >= 11 is 6.00. The van der Waals surface area contributed by atoms with E-state index in [1.807, 2.05) is 25.1 Å². The Balaban J connectivity index is 2.78. The summed E-state index contributed by atoms with van der Waals surface area (Å²) in [4.78, 5) is 0. The van der Waals surface area contributed by atoms with Gasteiger partial charge in [-0.15, -0.1) is 0 Å². The number of ether oxygens (including phenoxy) is 1. The molecule has 16 heavy (non-hydrogen) atoms. The molecule has 1 rings (SSSR count). The monoisotopic (exact) mass is 241 g/mol. The van der Waals surface area contributed by atoms with E-state index in [0.29, 0.717) is 12.5 Å². The lowest BCUT2D eigenvalue weighted by atomic mass is 9.97. The molecule has 0 aliphatic heterocycles. The first-order valence-electron chi connectivity index (χ1n) is 5.78. The van der Waals surface area contributed by atoms with Gasteiger partial charge >= 0.3 is 0 Å². The smallest absolute Gasteiger partial charge is 0.122 e. The molecule has 0 bridgehead atoms. The van der Waals surface area contributed by atoms with Crippen molar-refractivity contribution in [3.63, 3.8) is 0 Å². The Bertz CT molecular complexity index is 328. The van der Waals surface area contributed by atoms with Crippen LogP contribution >= 0.6 is 11.6 Å². The average Bonchev–Trinajstić information content (AvgIpc) is 2.22. The highest BCUT2D eigenvalue weighted by Crippen LogP contribution is 2.26. The van der Waals surface area contributed by atoms with Gasteiger partial charge in [0, 0.05) is 5.02 Å². The summed E-state index contributed by atoms with van der Waals surface area (Å²) < 4.78 is 5.58. The van der Waals surface area contributed by atoms with Gasteiger partial charge in [-0.05, 0) is 56.0 Å². The zero-order valence-corrected chi connectivity index (χ0v) is 10.8. The Morgan fingerprint density at radius 2 is 2.19 bits per heavy atom. The molecule has 90 valence electrons. The molecule has 2 N–H and O–H groups in total. The second-order valence-corrected chi connectivity index (χ2v) is 4.51. The maximum atomic E-state index is 6.00. The van der Waals surface area contributed by atoms with E-state index in [4.69, 9.17) is 22.1 Å². The molecular formula is C13H20ClNO. The first kappa shape index (κ1) is 13.3. The fourth-order valence-corrected chi connectivity index (χ4v) is 1.96. The summed E-state index contributed by atoms with van der Waals surface area (Å²) in [7, 11) is 0. The summed E-state index contributed by atoms with van der Waals surface area (Å²) in [5.74, 6) is 1.50. The van der Waals surface area contributed by atoms with Crippen molar-refractivity contribution < 1.29 is 4.74 Å². The van der Waals surface area contributed by atoms with Gasteiger partial charge in [-0.2, -0.15) is 0 Å². The average molecular weight is 242 g/mol. The number of halogens is 1. The molecule has 0 aliphatic carbocycles. The lowest BCUT2D eigenvalue weighted by Gasteiger charge is -2.14. The van der Waals surface area contributed by atoms with Crippen molar-refractivity contribution in [3.8, 4) is 5.75 Å². The fourth-order valence-electron chi connectivity index (χ4n) is 1.77. The molecule has 1 aromatic rings. The van der Waals surface area contributed by atoms with Crippen molar-refractivity contribution in [2.24, 2.45) is 11.7 Å². The van der Waals surface area contributed by atoms with E-state index in [0.717, 1.165) is 30.2 Å². The van der Waals surface area contributed by atoms with Gasteiger partial charge in [-0.1, -0.05) is 18.5 Å². The standard InChI is InChI=1S/C13H20ClNO/c1-3-16-13-5-4-12(14)9-11(13)8-10(2)6-7-15/h4-5,9-10H,3,6-8,15H2,1-2H3. The van der Waals surface area contributed by atoms with E-state index >= 15 is 0 Å². The first-order chi connectivity index (χ1) is 7.67. The molecule has 0 radical (unpaired) electrons. The molecule has 2 nitrogen and oxygen atoms in total. The van der Waals surface area contributed by atoms with Crippen LogP contribution in [-0.2, 0) is 6.42 Å². The number of nitrogens with two attached hydrogens (primary N) is 1. The van der Waals surface area contributed by atoms with Crippen LogP contribution in [0.5, 0.6) is 5.75 Å². The molecule has 0 heterocycles. The predicted molar refractivity (Wildman–Crippen MR) is 69.2 cm³/mol. The molecule has 1 unspecified atom stereocenters. The van der Waals surface area contributed by atoms with Crippen LogP contribution in [0.4, 0.5) is 0 Å². The van der Waals surface area contributed by atoms with Crippen LogP contribution < -0.4 is 10.5 Å². The lowest BCUT2D eigenvalue weighted by molar-refractivity contribution is 0.334.